The Balaban J connectivity index is 2.09. The van der Waals surface area contributed by atoms with Crippen LogP contribution in [0.1, 0.15) is 0 Å². The first-order valence-corrected chi connectivity index (χ1v) is 6.68. The fraction of sp³-hybridized carbons (Fsp3) is 0. The minimum Gasteiger partial charge on any atom is -0.398 e. The summed E-state index contributed by atoms with van der Waals surface area (Å²) in [7, 11) is 0. The highest BCUT2D eigenvalue weighted by molar-refractivity contribution is 9.10. The zero-order valence-electron chi connectivity index (χ0n) is 10.1. The number of nitrogens with one attached hydrogen (secondary N) is 1. The SMILES string of the molecule is Nc1ccc(Nc2cccc(Br)c2)c2ccncc12. The average Bonchev–Trinajstić information content (AvgIpc) is 2.42. The van der Waals surface area contributed by atoms with Crippen LogP contribution >= 0.6 is 15.9 Å². The molecule has 3 nitrogen and oxygen atoms in total. The van der Waals surface area contributed by atoms with Crippen molar-refractivity contribution in [1.82, 2.24) is 4.98 Å². The zero-order valence-corrected chi connectivity index (χ0v) is 11.7. The lowest BCUT2D eigenvalue weighted by molar-refractivity contribution is 1.36. The lowest BCUT2D eigenvalue weighted by atomic mass is 10.1. The van der Waals surface area contributed by atoms with E-state index in [-0.39, 0.29) is 0 Å². The Labute approximate surface area is 119 Å². The Hall–Kier alpha value is -2.07. The molecule has 0 amide bonds. The first-order chi connectivity index (χ1) is 9.24. The van der Waals surface area contributed by atoms with E-state index in [2.05, 4.69) is 26.2 Å². The quantitative estimate of drug-likeness (QED) is 0.693. The van der Waals surface area contributed by atoms with E-state index in [0.717, 1.165) is 32.3 Å². The zero-order chi connectivity index (χ0) is 13.2. The molecule has 0 atom stereocenters. The van der Waals surface area contributed by atoms with Gasteiger partial charge in [0.15, 0.2) is 0 Å². The van der Waals surface area contributed by atoms with E-state index in [4.69, 9.17) is 5.73 Å². The number of nitrogen functional groups attached to an aromatic ring is 1. The molecule has 94 valence electrons. The first-order valence-electron chi connectivity index (χ1n) is 5.89. The van der Waals surface area contributed by atoms with Gasteiger partial charge in [-0.15, -0.1) is 0 Å². The molecule has 19 heavy (non-hydrogen) atoms. The highest BCUT2D eigenvalue weighted by atomic mass is 79.9. The third-order valence-corrected chi connectivity index (χ3v) is 3.45. The monoisotopic (exact) mass is 313 g/mol. The number of fused-ring (bicyclic) bond motifs is 1. The van der Waals surface area contributed by atoms with Gasteiger partial charge < -0.3 is 11.1 Å². The molecule has 0 aliphatic carbocycles. The maximum atomic E-state index is 5.97. The van der Waals surface area contributed by atoms with Gasteiger partial charge in [-0.2, -0.15) is 0 Å². The van der Waals surface area contributed by atoms with E-state index >= 15 is 0 Å². The topological polar surface area (TPSA) is 50.9 Å². The van der Waals surface area contributed by atoms with Crippen molar-refractivity contribution in [3.05, 3.63) is 59.3 Å². The number of aromatic nitrogens is 1. The molecular formula is C15H12BrN3. The van der Waals surface area contributed by atoms with E-state index < -0.39 is 0 Å². The third kappa shape index (κ3) is 2.39. The van der Waals surface area contributed by atoms with Gasteiger partial charge in [0.2, 0.25) is 0 Å². The molecule has 0 radical (unpaired) electrons. The number of nitrogens with zero attached hydrogens (tertiary/aromatic N) is 1. The Kier molecular flexibility index (Phi) is 3.09. The molecule has 1 aromatic heterocycles. The van der Waals surface area contributed by atoms with Gasteiger partial charge in [0.05, 0.1) is 0 Å². The van der Waals surface area contributed by atoms with Gasteiger partial charge in [0, 0.05) is 44.7 Å². The van der Waals surface area contributed by atoms with Gasteiger partial charge in [-0.3, -0.25) is 4.98 Å². The molecule has 3 rings (SSSR count). The van der Waals surface area contributed by atoms with Crippen molar-refractivity contribution >= 4 is 43.8 Å². The minimum atomic E-state index is 0.739. The summed E-state index contributed by atoms with van der Waals surface area (Å²) in [5, 5.41) is 5.43. The van der Waals surface area contributed by atoms with Crippen LogP contribution in [0.4, 0.5) is 17.1 Å². The number of rotatable bonds is 2. The minimum absolute atomic E-state index is 0.739. The summed E-state index contributed by atoms with van der Waals surface area (Å²) in [5.74, 6) is 0. The number of anilines is 3. The highest BCUT2D eigenvalue weighted by Crippen LogP contribution is 2.30. The molecule has 3 aromatic rings. The van der Waals surface area contributed by atoms with Gasteiger partial charge in [-0.05, 0) is 36.4 Å². The predicted octanol–water partition coefficient (Wildman–Crippen LogP) is 4.32. The largest absolute Gasteiger partial charge is 0.398 e. The molecule has 4 heteroatoms. The molecule has 0 unspecified atom stereocenters. The fourth-order valence-electron chi connectivity index (χ4n) is 2.04. The lowest BCUT2D eigenvalue weighted by Gasteiger charge is -2.11. The Morgan fingerprint density at radius 2 is 1.95 bits per heavy atom. The Bertz CT molecular complexity index is 740. The maximum absolute atomic E-state index is 5.97. The summed E-state index contributed by atoms with van der Waals surface area (Å²) in [5.41, 5.74) is 8.75. The van der Waals surface area contributed by atoms with Crippen LogP contribution < -0.4 is 11.1 Å². The van der Waals surface area contributed by atoms with Crippen molar-refractivity contribution < 1.29 is 0 Å². The normalized spacial score (nSPS) is 10.6. The Morgan fingerprint density at radius 3 is 2.79 bits per heavy atom. The summed E-state index contributed by atoms with van der Waals surface area (Å²) < 4.78 is 1.04. The molecule has 0 bridgehead atoms. The molecule has 0 fully saturated rings. The van der Waals surface area contributed by atoms with Crippen molar-refractivity contribution in [3.8, 4) is 0 Å². The number of halogens is 1. The maximum Gasteiger partial charge on any atom is 0.0466 e. The van der Waals surface area contributed by atoms with Crippen LogP contribution in [0.5, 0.6) is 0 Å². The van der Waals surface area contributed by atoms with E-state index in [1.807, 2.05) is 42.5 Å². The molecule has 2 aromatic carbocycles. The number of hydrogen-bond acceptors (Lipinski definition) is 3. The fourth-order valence-corrected chi connectivity index (χ4v) is 2.44. The van der Waals surface area contributed by atoms with Gasteiger partial charge in [0.1, 0.15) is 0 Å². The van der Waals surface area contributed by atoms with E-state index in [1.54, 1.807) is 12.4 Å². The van der Waals surface area contributed by atoms with Crippen LogP contribution in [0.15, 0.2) is 59.3 Å². The molecule has 0 saturated heterocycles. The van der Waals surface area contributed by atoms with Crippen LogP contribution in [-0.2, 0) is 0 Å². The summed E-state index contributed by atoms with van der Waals surface area (Å²) in [4.78, 5) is 4.12. The van der Waals surface area contributed by atoms with E-state index in [1.165, 1.54) is 0 Å². The second-order valence-corrected chi connectivity index (χ2v) is 5.17. The first kappa shape index (κ1) is 12.0. The lowest BCUT2D eigenvalue weighted by Crippen LogP contribution is -1.94. The average molecular weight is 314 g/mol. The molecular weight excluding hydrogens is 302 g/mol. The van der Waals surface area contributed by atoms with Gasteiger partial charge in [-0.1, -0.05) is 22.0 Å². The molecule has 0 saturated carbocycles. The summed E-state index contributed by atoms with van der Waals surface area (Å²) >= 11 is 3.47. The molecule has 0 aliphatic rings. The second kappa shape index (κ2) is 4.90. The van der Waals surface area contributed by atoms with Crippen LogP contribution in [0, 0.1) is 0 Å². The van der Waals surface area contributed by atoms with Gasteiger partial charge in [-0.25, -0.2) is 0 Å². The van der Waals surface area contributed by atoms with Crippen molar-refractivity contribution in [2.75, 3.05) is 11.1 Å². The number of nitrogens with two attached hydrogens (primary N) is 1. The summed E-state index contributed by atoms with van der Waals surface area (Å²) in [6, 6.07) is 13.9. The molecule has 1 heterocycles. The van der Waals surface area contributed by atoms with Crippen LogP contribution in [0.25, 0.3) is 10.8 Å². The third-order valence-electron chi connectivity index (χ3n) is 2.96. The van der Waals surface area contributed by atoms with Crippen LogP contribution in [-0.4, -0.2) is 4.98 Å². The Morgan fingerprint density at radius 1 is 1.05 bits per heavy atom. The molecule has 0 aliphatic heterocycles. The van der Waals surface area contributed by atoms with E-state index in [0.29, 0.717) is 0 Å². The predicted molar refractivity (Wildman–Crippen MR) is 83.6 cm³/mol. The van der Waals surface area contributed by atoms with Crippen molar-refractivity contribution in [3.63, 3.8) is 0 Å². The molecule has 3 N–H and O–H groups in total. The smallest absolute Gasteiger partial charge is 0.0466 e. The van der Waals surface area contributed by atoms with Crippen molar-refractivity contribution in [2.45, 2.75) is 0 Å². The number of pyridine rings is 1. The van der Waals surface area contributed by atoms with Crippen LogP contribution in [0.3, 0.4) is 0 Å². The summed E-state index contributed by atoms with van der Waals surface area (Å²) in [6.07, 6.45) is 3.56. The standard InChI is InChI=1S/C15H12BrN3/c16-10-2-1-3-11(8-10)19-15-5-4-14(17)13-9-18-7-6-12(13)15/h1-9,19H,17H2. The van der Waals surface area contributed by atoms with Gasteiger partial charge >= 0.3 is 0 Å². The number of hydrogen-bond donors (Lipinski definition) is 2. The molecule has 0 spiro atoms. The highest BCUT2D eigenvalue weighted by Gasteiger charge is 2.04. The number of benzene rings is 2. The van der Waals surface area contributed by atoms with Gasteiger partial charge in [0.25, 0.3) is 0 Å². The summed E-state index contributed by atoms with van der Waals surface area (Å²) in [6.45, 7) is 0. The van der Waals surface area contributed by atoms with Crippen LogP contribution in [0.2, 0.25) is 0 Å². The second-order valence-electron chi connectivity index (χ2n) is 4.26. The van der Waals surface area contributed by atoms with E-state index in [9.17, 15) is 0 Å². The van der Waals surface area contributed by atoms with Crippen molar-refractivity contribution in [2.24, 2.45) is 0 Å². The van der Waals surface area contributed by atoms with Crippen molar-refractivity contribution in [1.29, 1.82) is 0 Å².